The molecule has 3 heteroatoms. The summed E-state index contributed by atoms with van der Waals surface area (Å²) in [6.45, 7) is 5.33. The highest BCUT2D eigenvalue weighted by Gasteiger charge is 2.12. The Morgan fingerprint density at radius 2 is 2.00 bits per heavy atom. The van der Waals surface area contributed by atoms with Crippen LogP contribution in [0.2, 0.25) is 0 Å². The van der Waals surface area contributed by atoms with Gasteiger partial charge in [-0.05, 0) is 37.5 Å². The molecule has 3 nitrogen and oxygen atoms in total. The summed E-state index contributed by atoms with van der Waals surface area (Å²) in [5, 5.41) is 1.19. The second-order valence-electron chi connectivity index (χ2n) is 5.97. The van der Waals surface area contributed by atoms with Crippen molar-refractivity contribution in [1.82, 2.24) is 4.98 Å². The minimum atomic E-state index is 0.149. The average molecular weight is 285 g/mol. The van der Waals surface area contributed by atoms with Crippen LogP contribution in [0.15, 0.2) is 30.3 Å². The first-order valence-electron chi connectivity index (χ1n) is 7.97. The molecule has 0 radical (unpaired) electrons. The van der Waals surface area contributed by atoms with Crippen LogP contribution in [-0.4, -0.2) is 24.6 Å². The van der Waals surface area contributed by atoms with Crippen LogP contribution in [-0.2, 0) is 6.42 Å². The quantitative estimate of drug-likeness (QED) is 0.788. The Hall–Kier alpha value is -1.61. The van der Waals surface area contributed by atoms with E-state index in [4.69, 9.17) is 10.7 Å². The zero-order chi connectivity index (χ0) is 15.2. The van der Waals surface area contributed by atoms with E-state index < -0.39 is 0 Å². The summed E-state index contributed by atoms with van der Waals surface area (Å²) in [5.74, 6) is 1.09. The van der Waals surface area contributed by atoms with Gasteiger partial charge in [0.1, 0.15) is 5.82 Å². The Bertz CT molecular complexity index is 578. The first kappa shape index (κ1) is 15.8. The summed E-state index contributed by atoms with van der Waals surface area (Å²) in [7, 11) is 2.14. The van der Waals surface area contributed by atoms with Crippen molar-refractivity contribution in [1.29, 1.82) is 0 Å². The van der Waals surface area contributed by atoms with E-state index in [0.29, 0.717) is 0 Å². The summed E-state index contributed by atoms with van der Waals surface area (Å²) in [6.07, 6.45) is 4.58. The molecule has 1 aromatic heterocycles. The first-order valence-corrected chi connectivity index (χ1v) is 7.97. The number of hydrogen-bond acceptors (Lipinski definition) is 3. The molecule has 0 fully saturated rings. The highest BCUT2D eigenvalue weighted by atomic mass is 15.2. The normalized spacial score (nSPS) is 12.6. The topological polar surface area (TPSA) is 42.2 Å². The third-order valence-corrected chi connectivity index (χ3v) is 3.78. The molecule has 0 aliphatic heterocycles. The first-order chi connectivity index (χ1) is 10.1. The van der Waals surface area contributed by atoms with Gasteiger partial charge in [0.15, 0.2) is 0 Å². The third-order valence-electron chi connectivity index (χ3n) is 3.78. The van der Waals surface area contributed by atoms with Crippen LogP contribution in [0.5, 0.6) is 0 Å². The van der Waals surface area contributed by atoms with Crippen LogP contribution in [0, 0.1) is 0 Å². The Labute approximate surface area is 128 Å². The molecule has 1 atom stereocenters. The van der Waals surface area contributed by atoms with Crippen molar-refractivity contribution < 1.29 is 0 Å². The summed E-state index contributed by atoms with van der Waals surface area (Å²) in [4.78, 5) is 7.15. The molecule has 0 spiro atoms. The molecule has 0 aliphatic carbocycles. The van der Waals surface area contributed by atoms with Gasteiger partial charge in [-0.3, -0.25) is 0 Å². The Balaban J connectivity index is 2.33. The monoisotopic (exact) mass is 285 g/mol. The van der Waals surface area contributed by atoms with E-state index in [2.05, 4.69) is 50.1 Å². The maximum atomic E-state index is 6.01. The Morgan fingerprint density at radius 3 is 2.71 bits per heavy atom. The van der Waals surface area contributed by atoms with Gasteiger partial charge in [0, 0.05) is 25.0 Å². The number of benzene rings is 1. The molecule has 114 valence electrons. The molecule has 2 N–H and O–H groups in total. The van der Waals surface area contributed by atoms with Crippen LogP contribution in [0.25, 0.3) is 10.9 Å². The largest absolute Gasteiger partial charge is 0.359 e. The Morgan fingerprint density at radius 1 is 1.24 bits per heavy atom. The zero-order valence-corrected chi connectivity index (χ0v) is 13.5. The van der Waals surface area contributed by atoms with Crippen molar-refractivity contribution in [3.05, 3.63) is 35.9 Å². The smallest absolute Gasteiger partial charge is 0.132 e. The number of fused-ring (bicyclic) bond motifs is 1. The van der Waals surface area contributed by atoms with Crippen LogP contribution < -0.4 is 10.6 Å². The maximum Gasteiger partial charge on any atom is 0.132 e. The van der Waals surface area contributed by atoms with Gasteiger partial charge in [-0.1, -0.05) is 38.0 Å². The van der Waals surface area contributed by atoms with Crippen LogP contribution in [0.3, 0.4) is 0 Å². The van der Waals surface area contributed by atoms with Gasteiger partial charge < -0.3 is 10.6 Å². The van der Waals surface area contributed by atoms with Gasteiger partial charge >= 0.3 is 0 Å². The maximum absolute atomic E-state index is 6.01. The van der Waals surface area contributed by atoms with Gasteiger partial charge in [-0.15, -0.1) is 0 Å². The Kier molecular flexibility index (Phi) is 5.57. The van der Waals surface area contributed by atoms with Crippen molar-refractivity contribution in [2.75, 3.05) is 18.5 Å². The number of nitrogens with two attached hydrogens (primary N) is 1. The van der Waals surface area contributed by atoms with Gasteiger partial charge in [0.05, 0.1) is 5.52 Å². The summed E-state index contributed by atoms with van der Waals surface area (Å²) in [5.41, 5.74) is 8.32. The highest BCUT2D eigenvalue weighted by Crippen LogP contribution is 2.24. The molecule has 1 unspecified atom stereocenters. The van der Waals surface area contributed by atoms with E-state index in [0.717, 1.165) is 24.3 Å². The minimum absolute atomic E-state index is 0.149. The van der Waals surface area contributed by atoms with E-state index in [-0.39, 0.29) is 6.04 Å². The second kappa shape index (κ2) is 7.41. The number of rotatable bonds is 7. The molecule has 1 aromatic carbocycles. The molecular weight excluding hydrogens is 258 g/mol. The lowest BCUT2D eigenvalue weighted by molar-refractivity contribution is 0.693. The van der Waals surface area contributed by atoms with Gasteiger partial charge in [-0.2, -0.15) is 0 Å². The number of pyridine rings is 1. The molecule has 1 heterocycles. The van der Waals surface area contributed by atoms with Crippen LogP contribution in [0.1, 0.15) is 38.7 Å². The van der Waals surface area contributed by atoms with E-state index in [9.17, 15) is 0 Å². The fourth-order valence-electron chi connectivity index (χ4n) is 2.68. The molecule has 0 amide bonds. The minimum Gasteiger partial charge on any atom is -0.359 e. The fraction of sp³-hybridized carbons (Fsp3) is 0.500. The summed E-state index contributed by atoms with van der Waals surface area (Å²) >= 11 is 0. The lowest BCUT2D eigenvalue weighted by Crippen LogP contribution is -2.24. The van der Waals surface area contributed by atoms with E-state index >= 15 is 0 Å². The predicted molar refractivity (Wildman–Crippen MR) is 91.9 cm³/mol. The van der Waals surface area contributed by atoms with E-state index in [1.54, 1.807) is 0 Å². The molecule has 0 saturated carbocycles. The predicted octanol–water partition coefficient (Wildman–Crippen LogP) is 3.75. The molecule has 0 aliphatic rings. The molecule has 0 saturated heterocycles. The number of aromatic nitrogens is 1. The van der Waals surface area contributed by atoms with Crippen molar-refractivity contribution in [3.63, 3.8) is 0 Å². The van der Waals surface area contributed by atoms with Crippen molar-refractivity contribution in [2.45, 2.75) is 45.6 Å². The standard InChI is InChI=1S/C18H27N3/c1-4-5-8-11-21(3)18-16(12-14(2)19)13-15-9-6-7-10-17(15)20-18/h6-7,9-10,13-14H,4-5,8,11-12,19H2,1-3H3. The lowest BCUT2D eigenvalue weighted by atomic mass is 10.0. The third kappa shape index (κ3) is 4.18. The molecule has 2 rings (SSSR count). The number of anilines is 1. The molecule has 0 bridgehead atoms. The molecule has 2 aromatic rings. The SMILES string of the molecule is CCCCCN(C)c1nc2ccccc2cc1CC(C)N. The molecule has 21 heavy (non-hydrogen) atoms. The van der Waals surface area contributed by atoms with Crippen LogP contribution in [0.4, 0.5) is 5.82 Å². The number of nitrogens with zero attached hydrogens (tertiary/aromatic N) is 2. The average Bonchev–Trinajstić information content (AvgIpc) is 2.46. The number of hydrogen-bond donors (Lipinski definition) is 1. The zero-order valence-electron chi connectivity index (χ0n) is 13.5. The molecular formula is C18H27N3. The lowest BCUT2D eigenvalue weighted by Gasteiger charge is -2.22. The van der Waals surface area contributed by atoms with Crippen molar-refractivity contribution in [2.24, 2.45) is 5.73 Å². The van der Waals surface area contributed by atoms with Gasteiger partial charge in [-0.25, -0.2) is 4.98 Å². The van der Waals surface area contributed by atoms with E-state index in [1.807, 2.05) is 6.07 Å². The van der Waals surface area contributed by atoms with Gasteiger partial charge in [0.2, 0.25) is 0 Å². The van der Waals surface area contributed by atoms with Gasteiger partial charge in [0.25, 0.3) is 0 Å². The summed E-state index contributed by atoms with van der Waals surface area (Å²) < 4.78 is 0. The summed E-state index contributed by atoms with van der Waals surface area (Å²) in [6, 6.07) is 10.7. The van der Waals surface area contributed by atoms with Crippen LogP contribution >= 0.6 is 0 Å². The second-order valence-corrected chi connectivity index (χ2v) is 5.97. The van der Waals surface area contributed by atoms with E-state index in [1.165, 1.54) is 30.2 Å². The fourth-order valence-corrected chi connectivity index (χ4v) is 2.68. The van der Waals surface area contributed by atoms with Crippen molar-refractivity contribution >= 4 is 16.7 Å². The van der Waals surface area contributed by atoms with Crippen molar-refractivity contribution in [3.8, 4) is 0 Å². The highest BCUT2D eigenvalue weighted by molar-refractivity contribution is 5.81. The number of unbranched alkanes of at least 4 members (excludes halogenated alkanes) is 2. The number of para-hydroxylation sites is 1.